The molecule has 3 aromatic rings. The topological polar surface area (TPSA) is 106 Å². The summed E-state index contributed by atoms with van der Waals surface area (Å²) in [7, 11) is 0. The van der Waals surface area contributed by atoms with E-state index in [1.165, 1.54) is 17.7 Å². The number of benzene rings is 3. The zero-order valence-electron chi connectivity index (χ0n) is 22.7. The first-order chi connectivity index (χ1) is 19.4. The molecular weight excluding hydrogens is 511 g/mol. The molecule has 0 saturated carbocycles. The van der Waals surface area contributed by atoms with Crippen LogP contribution in [0.5, 0.6) is 11.5 Å². The average molecular weight is 551 g/mol. The monoisotopic (exact) mass is 550 g/mol. The molecule has 0 aliphatic carbocycles. The highest BCUT2D eigenvalue weighted by Crippen LogP contribution is 2.18. The van der Waals surface area contributed by atoms with Crippen molar-refractivity contribution in [2.45, 2.75) is 37.8 Å². The first-order valence-corrected chi connectivity index (χ1v) is 13.9. The zero-order valence-corrected chi connectivity index (χ0v) is 22.7. The standard InChI is InChI=1S/C31H39FN4O4/c32-25-3-1-2-24(20-25)13-17-34-31(39)36-18-14-27(15-19-36)35-26-6-4-23(5-7-26)12-16-33-21-29(38)22-40-30-10-8-28(37)9-11-30/h1-11,20,27,29,33,35,37-38H,12-19,21-22H2,(H,34,39)/t29-/m0/s1. The number of nitrogens with zero attached hydrogens (tertiary/aromatic N) is 1. The molecule has 1 saturated heterocycles. The van der Waals surface area contributed by atoms with Gasteiger partial charge in [0.05, 0.1) is 0 Å². The Bertz CT molecular complexity index is 1180. The molecule has 2 amide bonds. The molecule has 0 radical (unpaired) electrons. The van der Waals surface area contributed by atoms with Gasteiger partial charge in [0.15, 0.2) is 0 Å². The normalized spacial score (nSPS) is 14.5. The molecule has 1 heterocycles. The maximum Gasteiger partial charge on any atom is 0.317 e. The van der Waals surface area contributed by atoms with Crippen LogP contribution in [0.3, 0.4) is 0 Å². The third kappa shape index (κ3) is 9.73. The molecule has 0 bridgehead atoms. The Labute approximate surface area is 235 Å². The van der Waals surface area contributed by atoms with Gasteiger partial charge in [-0.2, -0.15) is 0 Å². The predicted octanol–water partition coefficient (Wildman–Crippen LogP) is 3.93. The van der Waals surface area contributed by atoms with Crippen LogP contribution in [0.2, 0.25) is 0 Å². The first kappa shape index (κ1) is 29.2. The van der Waals surface area contributed by atoms with Gasteiger partial charge in [0.1, 0.15) is 30.0 Å². The zero-order chi connectivity index (χ0) is 28.2. The second kappa shape index (κ2) is 15.1. The fourth-order valence-corrected chi connectivity index (χ4v) is 4.64. The molecule has 9 heteroatoms. The number of aliphatic hydroxyl groups is 1. The summed E-state index contributed by atoms with van der Waals surface area (Å²) in [5, 5.41) is 29.2. The van der Waals surface area contributed by atoms with E-state index in [9.17, 15) is 19.4 Å². The molecule has 40 heavy (non-hydrogen) atoms. The number of ether oxygens (including phenoxy) is 1. The van der Waals surface area contributed by atoms with Crippen molar-refractivity contribution in [2.24, 2.45) is 0 Å². The molecule has 1 atom stereocenters. The third-order valence-corrected chi connectivity index (χ3v) is 6.94. The number of urea groups is 1. The van der Waals surface area contributed by atoms with Crippen LogP contribution in [0.15, 0.2) is 72.8 Å². The van der Waals surface area contributed by atoms with Crippen molar-refractivity contribution < 1.29 is 24.1 Å². The number of halogens is 1. The second-order valence-corrected chi connectivity index (χ2v) is 10.1. The van der Waals surface area contributed by atoms with Crippen LogP contribution in [0, 0.1) is 5.82 Å². The summed E-state index contributed by atoms with van der Waals surface area (Å²) in [6.45, 7) is 3.22. The molecule has 3 aromatic carbocycles. The van der Waals surface area contributed by atoms with E-state index in [1.54, 1.807) is 30.3 Å². The number of aromatic hydroxyl groups is 1. The SMILES string of the molecule is O=C(NCCc1cccc(F)c1)N1CCC(Nc2ccc(CCNC[C@H](O)COc3ccc(O)cc3)cc2)CC1. The number of phenols is 1. The fourth-order valence-electron chi connectivity index (χ4n) is 4.64. The lowest BCUT2D eigenvalue weighted by atomic mass is 10.0. The Balaban J connectivity index is 1.07. The first-order valence-electron chi connectivity index (χ1n) is 13.9. The summed E-state index contributed by atoms with van der Waals surface area (Å²) in [4.78, 5) is 14.3. The van der Waals surface area contributed by atoms with Crippen LogP contribution in [0.4, 0.5) is 14.9 Å². The number of aliphatic hydroxyl groups excluding tert-OH is 1. The van der Waals surface area contributed by atoms with Gasteiger partial charge in [-0.1, -0.05) is 24.3 Å². The molecule has 0 spiro atoms. The molecule has 214 valence electrons. The van der Waals surface area contributed by atoms with E-state index in [0.29, 0.717) is 44.4 Å². The van der Waals surface area contributed by atoms with Gasteiger partial charge in [0.2, 0.25) is 0 Å². The number of nitrogens with one attached hydrogen (secondary N) is 3. The minimum absolute atomic E-state index is 0.0646. The largest absolute Gasteiger partial charge is 0.508 e. The molecule has 1 fully saturated rings. The van der Waals surface area contributed by atoms with Crippen LogP contribution in [-0.4, -0.2) is 72.6 Å². The summed E-state index contributed by atoms with van der Waals surface area (Å²) in [6.07, 6.45) is 2.58. The van der Waals surface area contributed by atoms with Crippen molar-refractivity contribution in [2.75, 3.05) is 44.6 Å². The lowest BCUT2D eigenvalue weighted by Crippen LogP contribution is -2.47. The molecule has 8 nitrogen and oxygen atoms in total. The predicted molar refractivity (Wildman–Crippen MR) is 154 cm³/mol. The summed E-state index contributed by atoms with van der Waals surface area (Å²) < 4.78 is 18.8. The molecule has 4 rings (SSSR count). The van der Waals surface area contributed by atoms with Gasteiger partial charge in [0, 0.05) is 37.9 Å². The molecule has 1 aliphatic heterocycles. The maximum absolute atomic E-state index is 13.3. The van der Waals surface area contributed by atoms with Crippen molar-refractivity contribution in [1.82, 2.24) is 15.5 Å². The van der Waals surface area contributed by atoms with Crippen LogP contribution in [-0.2, 0) is 12.8 Å². The minimum atomic E-state index is -0.627. The quantitative estimate of drug-likeness (QED) is 0.207. The van der Waals surface area contributed by atoms with Crippen molar-refractivity contribution >= 4 is 11.7 Å². The Hall–Kier alpha value is -3.82. The number of phenolic OH excluding ortho intramolecular Hbond substituents is 1. The molecule has 0 aromatic heterocycles. The van der Waals surface area contributed by atoms with E-state index in [-0.39, 0.29) is 24.2 Å². The smallest absolute Gasteiger partial charge is 0.317 e. The van der Waals surface area contributed by atoms with E-state index >= 15 is 0 Å². The number of hydrogen-bond acceptors (Lipinski definition) is 6. The van der Waals surface area contributed by atoms with Crippen molar-refractivity contribution in [3.63, 3.8) is 0 Å². The highest BCUT2D eigenvalue weighted by molar-refractivity contribution is 5.74. The molecule has 5 N–H and O–H groups in total. The number of piperidine rings is 1. The number of anilines is 1. The molecule has 1 aliphatic rings. The van der Waals surface area contributed by atoms with Gasteiger partial charge < -0.3 is 35.8 Å². The number of hydrogen-bond donors (Lipinski definition) is 5. The molecular formula is C31H39FN4O4. The minimum Gasteiger partial charge on any atom is -0.508 e. The van der Waals surface area contributed by atoms with Crippen LogP contribution in [0.25, 0.3) is 0 Å². The Morgan fingerprint density at radius 1 is 0.975 bits per heavy atom. The second-order valence-electron chi connectivity index (χ2n) is 10.1. The summed E-state index contributed by atoms with van der Waals surface area (Å²) >= 11 is 0. The molecule has 0 unspecified atom stereocenters. The highest BCUT2D eigenvalue weighted by atomic mass is 19.1. The summed E-state index contributed by atoms with van der Waals surface area (Å²) in [6, 6.07) is 21.5. The number of rotatable bonds is 13. The number of carbonyl (C=O) groups excluding carboxylic acids is 1. The lowest BCUT2D eigenvalue weighted by molar-refractivity contribution is 0.106. The van der Waals surface area contributed by atoms with Gasteiger partial charge in [0.25, 0.3) is 0 Å². The van der Waals surface area contributed by atoms with Crippen LogP contribution in [0.1, 0.15) is 24.0 Å². The van der Waals surface area contributed by atoms with E-state index < -0.39 is 6.10 Å². The number of amides is 2. The van der Waals surface area contributed by atoms with Crippen molar-refractivity contribution in [3.05, 3.63) is 89.7 Å². The number of carbonyl (C=O) groups is 1. The third-order valence-electron chi connectivity index (χ3n) is 6.94. The van der Waals surface area contributed by atoms with E-state index in [4.69, 9.17) is 4.74 Å². The van der Waals surface area contributed by atoms with Gasteiger partial charge in [-0.25, -0.2) is 9.18 Å². The maximum atomic E-state index is 13.3. The van der Waals surface area contributed by atoms with Gasteiger partial charge in [-0.05, 0) is 91.9 Å². The Morgan fingerprint density at radius 3 is 2.42 bits per heavy atom. The average Bonchev–Trinajstić information content (AvgIpc) is 2.96. The summed E-state index contributed by atoms with van der Waals surface area (Å²) in [5.74, 6) is 0.528. The van der Waals surface area contributed by atoms with Crippen molar-refractivity contribution in [3.8, 4) is 11.5 Å². The Morgan fingerprint density at radius 2 is 1.70 bits per heavy atom. The Kier molecular flexibility index (Phi) is 11.0. The van der Waals surface area contributed by atoms with E-state index in [0.717, 1.165) is 37.1 Å². The van der Waals surface area contributed by atoms with E-state index in [2.05, 4.69) is 40.2 Å². The van der Waals surface area contributed by atoms with E-state index in [1.807, 2.05) is 11.0 Å². The fraction of sp³-hybridized carbons (Fsp3) is 0.387. The van der Waals surface area contributed by atoms with Gasteiger partial charge in [-0.15, -0.1) is 0 Å². The summed E-state index contributed by atoms with van der Waals surface area (Å²) in [5.41, 5.74) is 3.15. The van der Waals surface area contributed by atoms with Gasteiger partial charge in [-0.3, -0.25) is 0 Å². The lowest BCUT2D eigenvalue weighted by Gasteiger charge is -2.33. The van der Waals surface area contributed by atoms with Gasteiger partial charge >= 0.3 is 6.03 Å². The van der Waals surface area contributed by atoms with Crippen molar-refractivity contribution in [1.29, 1.82) is 0 Å². The van der Waals surface area contributed by atoms with Crippen LogP contribution < -0.4 is 20.7 Å². The van der Waals surface area contributed by atoms with Crippen LogP contribution >= 0.6 is 0 Å². The highest BCUT2D eigenvalue weighted by Gasteiger charge is 2.22. The number of likely N-dealkylation sites (tertiary alicyclic amines) is 1.